The van der Waals surface area contributed by atoms with Crippen LogP contribution in [0, 0.1) is 5.92 Å². The highest BCUT2D eigenvalue weighted by Crippen LogP contribution is 2.20. The summed E-state index contributed by atoms with van der Waals surface area (Å²) in [6.45, 7) is 3.95. The van der Waals surface area contributed by atoms with Gasteiger partial charge in [-0.05, 0) is 38.8 Å². The highest BCUT2D eigenvalue weighted by Gasteiger charge is 2.27. The summed E-state index contributed by atoms with van der Waals surface area (Å²) in [6.07, 6.45) is 4.67. The number of ether oxygens (including phenoxy) is 2. The minimum Gasteiger partial charge on any atom is -0.469 e. The molecule has 0 N–H and O–H groups in total. The Morgan fingerprint density at radius 1 is 1.38 bits per heavy atom. The van der Waals surface area contributed by atoms with Gasteiger partial charge < -0.3 is 14.4 Å². The van der Waals surface area contributed by atoms with Crippen molar-refractivity contribution in [2.24, 2.45) is 5.92 Å². The van der Waals surface area contributed by atoms with Crippen LogP contribution >= 0.6 is 0 Å². The number of esters is 1. The van der Waals surface area contributed by atoms with Crippen LogP contribution in [0.25, 0.3) is 0 Å². The Morgan fingerprint density at radius 2 is 2.12 bits per heavy atom. The first-order valence-corrected chi connectivity index (χ1v) is 6.21. The molecule has 16 heavy (non-hydrogen) atoms. The van der Waals surface area contributed by atoms with E-state index in [2.05, 4.69) is 4.90 Å². The van der Waals surface area contributed by atoms with Crippen LogP contribution in [-0.2, 0) is 14.3 Å². The summed E-state index contributed by atoms with van der Waals surface area (Å²) in [7, 11) is 1.47. The summed E-state index contributed by atoms with van der Waals surface area (Å²) in [5.74, 6) is 0.0718. The van der Waals surface area contributed by atoms with Gasteiger partial charge in [0.2, 0.25) is 0 Å². The predicted octanol–water partition coefficient (Wildman–Crippen LogP) is 1.05. The molecule has 92 valence electrons. The van der Waals surface area contributed by atoms with E-state index in [0.717, 1.165) is 39.1 Å². The molecule has 0 aromatic carbocycles. The van der Waals surface area contributed by atoms with Crippen molar-refractivity contribution >= 4 is 5.97 Å². The van der Waals surface area contributed by atoms with Gasteiger partial charge in [-0.25, -0.2) is 0 Å². The number of likely N-dealkylation sites (tertiary alicyclic amines) is 1. The lowest BCUT2D eigenvalue weighted by molar-refractivity contribution is -0.147. The standard InChI is InChI=1S/C12H21NO3/c1-15-12(14)10-4-6-13(7-5-10)9-11-3-2-8-16-11/h10-11H,2-9H2,1H3. The molecular formula is C12H21NO3. The molecule has 0 aromatic rings. The molecule has 2 heterocycles. The smallest absolute Gasteiger partial charge is 0.308 e. The molecule has 1 atom stereocenters. The van der Waals surface area contributed by atoms with E-state index in [4.69, 9.17) is 9.47 Å². The maximum absolute atomic E-state index is 11.4. The summed E-state index contributed by atoms with van der Waals surface area (Å²) in [5.41, 5.74) is 0. The van der Waals surface area contributed by atoms with Crippen molar-refractivity contribution in [1.82, 2.24) is 4.90 Å². The van der Waals surface area contributed by atoms with Gasteiger partial charge in [-0.3, -0.25) is 4.79 Å². The molecule has 0 bridgehead atoms. The minimum absolute atomic E-state index is 0.0447. The van der Waals surface area contributed by atoms with Crippen molar-refractivity contribution in [3.8, 4) is 0 Å². The SMILES string of the molecule is COC(=O)C1CCN(CC2CCCO2)CC1. The molecule has 2 saturated heterocycles. The third kappa shape index (κ3) is 2.95. The molecule has 4 nitrogen and oxygen atoms in total. The van der Waals surface area contributed by atoms with E-state index in [1.807, 2.05) is 0 Å². The minimum atomic E-state index is -0.0447. The largest absolute Gasteiger partial charge is 0.469 e. The van der Waals surface area contributed by atoms with Crippen LogP contribution in [0.15, 0.2) is 0 Å². The lowest BCUT2D eigenvalue weighted by atomic mass is 9.97. The van der Waals surface area contributed by atoms with Crippen LogP contribution < -0.4 is 0 Å². The predicted molar refractivity (Wildman–Crippen MR) is 60.2 cm³/mol. The molecule has 0 aliphatic carbocycles. The van der Waals surface area contributed by atoms with E-state index < -0.39 is 0 Å². The van der Waals surface area contributed by atoms with Gasteiger partial charge in [0.15, 0.2) is 0 Å². The van der Waals surface area contributed by atoms with E-state index in [0.29, 0.717) is 6.10 Å². The molecule has 0 aromatic heterocycles. The molecule has 0 amide bonds. The monoisotopic (exact) mass is 227 g/mol. The zero-order valence-electron chi connectivity index (χ0n) is 9.98. The van der Waals surface area contributed by atoms with E-state index in [1.165, 1.54) is 20.0 Å². The average molecular weight is 227 g/mol. The highest BCUT2D eigenvalue weighted by atomic mass is 16.5. The van der Waals surface area contributed by atoms with Gasteiger partial charge in [-0.2, -0.15) is 0 Å². The Morgan fingerprint density at radius 3 is 2.69 bits per heavy atom. The number of hydrogen-bond donors (Lipinski definition) is 0. The fourth-order valence-electron chi connectivity index (χ4n) is 2.59. The van der Waals surface area contributed by atoms with Crippen molar-refractivity contribution in [3.05, 3.63) is 0 Å². The van der Waals surface area contributed by atoms with Crippen LogP contribution in [0.1, 0.15) is 25.7 Å². The Labute approximate surface area is 96.9 Å². The van der Waals surface area contributed by atoms with Gasteiger partial charge in [0, 0.05) is 13.2 Å². The zero-order valence-corrected chi connectivity index (χ0v) is 9.98. The molecule has 2 aliphatic rings. The Balaban J connectivity index is 1.70. The number of carbonyl (C=O) groups is 1. The number of methoxy groups -OCH3 is 1. The number of piperidine rings is 1. The topological polar surface area (TPSA) is 38.8 Å². The molecule has 1 unspecified atom stereocenters. The van der Waals surface area contributed by atoms with E-state index in [9.17, 15) is 4.79 Å². The maximum Gasteiger partial charge on any atom is 0.308 e. The van der Waals surface area contributed by atoms with Crippen molar-refractivity contribution in [3.63, 3.8) is 0 Å². The molecule has 4 heteroatoms. The third-order valence-electron chi connectivity index (χ3n) is 3.61. The van der Waals surface area contributed by atoms with Crippen LogP contribution in [0.5, 0.6) is 0 Å². The van der Waals surface area contributed by atoms with Crippen molar-refractivity contribution in [1.29, 1.82) is 0 Å². The first kappa shape index (κ1) is 11.9. The Kier molecular flexibility index (Phi) is 4.18. The molecule has 0 saturated carbocycles. The Hall–Kier alpha value is -0.610. The number of hydrogen-bond acceptors (Lipinski definition) is 4. The summed E-state index contributed by atoms with van der Waals surface area (Å²) in [6, 6.07) is 0. The number of rotatable bonds is 3. The fourth-order valence-corrected chi connectivity index (χ4v) is 2.59. The zero-order chi connectivity index (χ0) is 11.4. The lowest BCUT2D eigenvalue weighted by Crippen LogP contribution is -2.40. The molecule has 0 radical (unpaired) electrons. The van der Waals surface area contributed by atoms with E-state index in [1.54, 1.807) is 0 Å². The van der Waals surface area contributed by atoms with E-state index >= 15 is 0 Å². The first-order valence-electron chi connectivity index (χ1n) is 6.21. The highest BCUT2D eigenvalue weighted by molar-refractivity contribution is 5.72. The van der Waals surface area contributed by atoms with E-state index in [-0.39, 0.29) is 11.9 Å². The van der Waals surface area contributed by atoms with Crippen LogP contribution in [0.4, 0.5) is 0 Å². The Bertz CT molecular complexity index is 230. The summed E-state index contributed by atoms with van der Waals surface area (Å²) < 4.78 is 10.4. The van der Waals surface area contributed by atoms with Crippen molar-refractivity contribution < 1.29 is 14.3 Å². The maximum atomic E-state index is 11.4. The second-order valence-corrected chi connectivity index (χ2v) is 4.73. The van der Waals surface area contributed by atoms with Gasteiger partial charge in [0.05, 0.1) is 19.1 Å². The second kappa shape index (κ2) is 5.64. The van der Waals surface area contributed by atoms with Gasteiger partial charge in [-0.1, -0.05) is 0 Å². The van der Waals surface area contributed by atoms with Crippen molar-refractivity contribution in [2.45, 2.75) is 31.8 Å². The summed E-state index contributed by atoms with van der Waals surface area (Å²) in [4.78, 5) is 13.8. The number of nitrogens with zero attached hydrogens (tertiary/aromatic N) is 1. The molecule has 2 rings (SSSR count). The average Bonchev–Trinajstić information content (AvgIpc) is 2.82. The summed E-state index contributed by atoms with van der Waals surface area (Å²) in [5, 5.41) is 0. The lowest BCUT2D eigenvalue weighted by Gasteiger charge is -2.31. The van der Waals surface area contributed by atoms with Crippen LogP contribution in [-0.4, -0.2) is 50.3 Å². The van der Waals surface area contributed by atoms with Gasteiger partial charge in [0.25, 0.3) is 0 Å². The van der Waals surface area contributed by atoms with Gasteiger partial charge in [-0.15, -0.1) is 0 Å². The molecular weight excluding hydrogens is 206 g/mol. The third-order valence-corrected chi connectivity index (χ3v) is 3.61. The van der Waals surface area contributed by atoms with Crippen LogP contribution in [0.3, 0.4) is 0 Å². The van der Waals surface area contributed by atoms with Gasteiger partial charge in [0.1, 0.15) is 0 Å². The summed E-state index contributed by atoms with van der Waals surface area (Å²) >= 11 is 0. The van der Waals surface area contributed by atoms with Crippen LogP contribution in [0.2, 0.25) is 0 Å². The normalized spacial score (nSPS) is 28.2. The molecule has 2 aliphatic heterocycles. The fraction of sp³-hybridized carbons (Fsp3) is 0.917. The van der Waals surface area contributed by atoms with Gasteiger partial charge >= 0.3 is 5.97 Å². The van der Waals surface area contributed by atoms with Crippen molar-refractivity contribution in [2.75, 3.05) is 33.4 Å². The molecule has 2 fully saturated rings. The quantitative estimate of drug-likeness (QED) is 0.676. The number of carbonyl (C=O) groups excluding carboxylic acids is 1. The second-order valence-electron chi connectivity index (χ2n) is 4.73. The molecule has 0 spiro atoms. The first-order chi connectivity index (χ1) is 7.79.